The molecule has 2 aromatic carbocycles. The summed E-state index contributed by atoms with van der Waals surface area (Å²) in [7, 11) is 0. The van der Waals surface area contributed by atoms with Crippen molar-refractivity contribution in [3.05, 3.63) is 95.2 Å². The predicted molar refractivity (Wildman–Crippen MR) is 157 cm³/mol. The summed E-state index contributed by atoms with van der Waals surface area (Å²) in [6, 6.07) is 18.1. The number of primary amides is 1. The van der Waals surface area contributed by atoms with Gasteiger partial charge in [-0.3, -0.25) is 9.69 Å². The Morgan fingerprint density at radius 3 is 2.50 bits per heavy atom. The number of carbonyl (C=O) groups is 1. The lowest BCUT2D eigenvalue weighted by molar-refractivity contribution is -0.188. The van der Waals surface area contributed by atoms with Crippen LogP contribution in [0.3, 0.4) is 0 Å². The van der Waals surface area contributed by atoms with E-state index in [1.54, 1.807) is 6.20 Å². The van der Waals surface area contributed by atoms with Gasteiger partial charge in [-0.1, -0.05) is 29.1 Å². The van der Waals surface area contributed by atoms with Gasteiger partial charge in [0.25, 0.3) is 0 Å². The first-order valence-electron chi connectivity index (χ1n) is 14.5. The molecule has 0 bridgehead atoms. The van der Waals surface area contributed by atoms with Crippen LogP contribution in [0.5, 0.6) is 0 Å². The summed E-state index contributed by atoms with van der Waals surface area (Å²) in [6.07, 6.45) is 6.47. The van der Waals surface area contributed by atoms with Crippen molar-refractivity contribution in [2.75, 3.05) is 19.7 Å². The van der Waals surface area contributed by atoms with E-state index < -0.39 is 0 Å². The summed E-state index contributed by atoms with van der Waals surface area (Å²) >= 11 is 0. The second kappa shape index (κ2) is 12.7. The average Bonchev–Trinajstić information content (AvgIpc) is 3.65. The molecule has 2 aliphatic rings. The second-order valence-corrected chi connectivity index (χ2v) is 11.0. The van der Waals surface area contributed by atoms with Gasteiger partial charge in [0, 0.05) is 61.4 Å². The molecule has 0 aliphatic carbocycles. The van der Waals surface area contributed by atoms with Crippen molar-refractivity contribution in [2.45, 2.75) is 51.7 Å². The number of hydrogen-bond donors (Lipinski definition) is 1. The SMILES string of the molecule is CC(OC1CCCCO1)c1nccn1Cc1cc(-c2ccc(C#Cc3ccc(CN4CC(C(N)=O)C4)cc3)cc2)on1. The monoisotopic (exact) mass is 565 g/mol. The molecule has 0 spiro atoms. The van der Waals surface area contributed by atoms with Crippen LogP contribution in [0.4, 0.5) is 0 Å². The van der Waals surface area contributed by atoms with Crippen LogP contribution >= 0.6 is 0 Å². The first kappa shape index (κ1) is 27.9. The van der Waals surface area contributed by atoms with E-state index in [9.17, 15) is 4.79 Å². The maximum atomic E-state index is 11.2. The molecule has 0 radical (unpaired) electrons. The van der Waals surface area contributed by atoms with E-state index in [2.05, 4.69) is 39.0 Å². The minimum absolute atomic E-state index is 0.0145. The highest BCUT2D eigenvalue weighted by atomic mass is 16.7. The molecule has 2 aromatic heterocycles. The van der Waals surface area contributed by atoms with Crippen molar-refractivity contribution in [3.63, 3.8) is 0 Å². The van der Waals surface area contributed by atoms with Gasteiger partial charge < -0.3 is 24.3 Å². The smallest absolute Gasteiger partial charge is 0.223 e. The minimum Gasteiger partial charge on any atom is -0.369 e. The van der Waals surface area contributed by atoms with Gasteiger partial charge in [0.05, 0.1) is 12.5 Å². The fourth-order valence-corrected chi connectivity index (χ4v) is 5.31. The summed E-state index contributed by atoms with van der Waals surface area (Å²) < 4.78 is 19.5. The van der Waals surface area contributed by atoms with Gasteiger partial charge in [-0.2, -0.15) is 0 Å². The Hall–Kier alpha value is -4.23. The molecule has 2 aliphatic heterocycles. The molecule has 6 rings (SSSR count). The largest absolute Gasteiger partial charge is 0.369 e. The molecule has 0 saturated carbocycles. The number of nitrogens with two attached hydrogens (primary N) is 1. The van der Waals surface area contributed by atoms with Crippen LogP contribution in [0.15, 0.2) is 71.5 Å². The zero-order valence-electron chi connectivity index (χ0n) is 23.7. The van der Waals surface area contributed by atoms with Gasteiger partial charge in [-0.25, -0.2) is 4.98 Å². The number of likely N-dealkylation sites (tertiary alicyclic amines) is 1. The van der Waals surface area contributed by atoms with E-state index in [1.165, 1.54) is 5.56 Å². The molecule has 2 unspecified atom stereocenters. The van der Waals surface area contributed by atoms with Crippen LogP contribution < -0.4 is 5.73 Å². The Labute approximate surface area is 245 Å². The highest BCUT2D eigenvalue weighted by molar-refractivity contribution is 5.78. The number of amides is 1. The second-order valence-electron chi connectivity index (χ2n) is 11.0. The number of carbonyl (C=O) groups excluding carboxylic acids is 1. The average molecular weight is 566 g/mol. The van der Waals surface area contributed by atoms with Gasteiger partial charge in [0.2, 0.25) is 5.91 Å². The Morgan fingerprint density at radius 2 is 1.81 bits per heavy atom. The lowest BCUT2D eigenvalue weighted by Gasteiger charge is -2.37. The quantitative estimate of drug-likeness (QED) is 0.298. The summed E-state index contributed by atoms with van der Waals surface area (Å²) in [4.78, 5) is 17.9. The molecule has 4 aromatic rings. The molecule has 2 fully saturated rings. The number of ether oxygens (including phenoxy) is 2. The highest BCUT2D eigenvalue weighted by Gasteiger charge is 2.30. The van der Waals surface area contributed by atoms with Crippen LogP contribution in [-0.4, -0.2) is 51.5 Å². The third kappa shape index (κ3) is 6.80. The van der Waals surface area contributed by atoms with E-state index in [0.717, 1.165) is 73.7 Å². The molecule has 216 valence electrons. The summed E-state index contributed by atoms with van der Waals surface area (Å²) in [6.45, 7) is 5.57. The van der Waals surface area contributed by atoms with E-state index >= 15 is 0 Å². The number of imidazole rings is 1. The van der Waals surface area contributed by atoms with Crippen molar-refractivity contribution < 1.29 is 18.8 Å². The van der Waals surface area contributed by atoms with Crippen molar-refractivity contribution in [2.24, 2.45) is 11.7 Å². The molecular weight excluding hydrogens is 530 g/mol. The zero-order valence-corrected chi connectivity index (χ0v) is 23.7. The molecular formula is C33H35N5O4. The topological polar surface area (TPSA) is 109 Å². The van der Waals surface area contributed by atoms with Gasteiger partial charge in [0.1, 0.15) is 17.6 Å². The summed E-state index contributed by atoms with van der Waals surface area (Å²) in [5, 5.41) is 4.29. The maximum Gasteiger partial charge on any atom is 0.223 e. The van der Waals surface area contributed by atoms with E-state index in [0.29, 0.717) is 12.3 Å². The van der Waals surface area contributed by atoms with Crippen LogP contribution in [-0.2, 0) is 27.4 Å². The Balaban J connectivity index is 1.03. The van der Waals surface area contributed by atoms with Crippen molar-refractivity contribution in [1.29, 1.82) is 0 Å². The van der Waals surface area contributed by atoms with Crippen molar-refractivity contribution in [3.8, 4) is 23.2 Å². The molecule has 4 heterocycles. The fraction of sp³-hybridized carbons (Fsp3) is 0.364. The van der Waals surface area contributed by atoms with Crippen LogP contribution in [0.2, 0.25) is 0 Å². The van der Waals surface area contributed by atoms with Crippen molar-refractivity contribution in [1.82, 2.24) is 19.6 Å². The Bertz CT molecular complexity index is 1550. The van der Waals surface area contributed by atoms with Gasteiger partial charge >= 0.3 is 0 Å². The highest BCUT2D eigenvalue weighted by Crippen LogP contribution is 2.25. The maximum absolute atomic E-state index is 11.2. The standard InChI is InChI=1S/C33H35N5O4/c1-23(41-31-4-2-3-17-40-31)33-35-15-16-38(33)22-29-18-30(42-36-29)27-13-11-25(12-14-27)6-5-24-7-9-26(10-8-24)19-37-20-28(21-37)32(34)39/h7-16,18,23,28,31H,2-4,17,19-22H2,1H3,(H2,34,39). The number of benzene rings is 2. The van der Waals surface area contributed by atoms with Crippen LogP contribution in [0.25, 0.3) is 11.3 Å². The summed E-state index contributed by atoms with van der Waals surface area (Å²) in [5.41, 5.74) is 10.2. The molecule has 2 saturated heterocycles. The summed E-state index contributed by atoms with van der Waals surface area (Å²) in [5.74, 6) is 7.77. The first-order valence-corrected chi connectivity index (χ1v) is 14.5. The van der Waals surface area contributed by atoms with E-state index in [1.807, 2.05) is 60.2 Å². The van der Waals surface area contributed by atoms with E-state index in [4.69, 9.17) is 19.7 Å². The Morgan fingerprint density at radius 1 is 1.07 bits per heavy atom. The normalized spacial score (nSPS) is 18.2. The molecule has 2 N–H and O–H groups in total. The third-order valence-corrected chi connectivity index (χ3v) is 7.74. The third-order valence-electron chi connectivity index (χ3n) is 7.74. The van der Waals surface area contributed by atoms with E-state index in [-0.39, 0.29) is 24.2 Å². The number of hydrogen-bond acceptors (Lipinski definition) is 7. The fourth-order valence-electron chi connectivity index (χ4n) is 5.31. The molecule has 2 atom stereocenters. The number of nitrogens with zero attached hydrogens (tertiary/aromatic N) is 4. The van der Waals surface area contributed by atoms with Crippen LogP contribution in [0, 0.1) is 17.8 Å². The van der Waals surface area contributed by atoms with Gasteiger partial charge in [-0.05, 0) is 68.1 Å². The van der Waals surface area contributed by atoms with Gasteiger partial charge in [0.15, 0.2) is 12.1 Å². The number of rotatable bonds is 9. The van der Waals surface area contributed by atoms with Crippen molar-refractivity contribution >= 4 is 5.91 Å². The molecule has 42 heavy (non-hydrogen) atoms. The number of aromatic nitrogens is 3. The van der Waals surface area contributed by atoms with Gasteiger partial charge in [-0.15, -0.1) is 0 Å². The first-order chi connectivity index (χ1) is 20.5. The minimum atomic E-state index is -0.211. The molecule has 9 heteroatoms. The molecule has 1 amide bonds. The Kier molecular flexibility index (Phi) is 8.47. The predicted octanol–water partition coefficient (Wildman–Crippen LogP) is 4.51. The lowest BCUT2D eigenvalue weighted by Crippen LogP contribution is -2.51. The zero-order chi connectivity index (χ0) is 28.9. The lowest BCUT2D eigenvalue weighted by atomic mass is 9.98. The van der Waals surface area contributed by atoms with Crippen LogP contribution in [0.1, 0.15) is 60.5 Å². The molecule has 9 nitrogen and oxygen atoms in total.